The van der Waals surface area contributed by atoms with Gasteiger partial charge in [-0.1, -0.05) is 6.07 Å². The van der Waals surface area contributed by atoms with Crippen molar-refractivity contribution in [1.29, 1.82) is 0 Å². The Morgan fingerprint density at radius 2 is 1.92 bits per heavy atom. The van der Waals surface area contributed by atoms with E-state index in [1.165, 1.54) is 18.2 Å². The number of hydroxylamine groups is 1. The highest BCUT2D eigenvalue weighted by Crippen LogP contribution is 2.36. The number of alkyl halides is 2. The maximum absolute atomic E-state index is 14.5. The molecule has 0 aliphatic heterocycles. The highest BCUT2D eigenvalue weighted by molar-refractivity contribution is 5.97. The monoisotopic (exact) mass is 552 g/mol. The Bertz CT molecular complexity index is 1350. The van der Waals surface area contributed by atoms with E-state index in [2.05, 4.69) is 19.9 Å². The molecule has 2 amide bonds. The summed E-state index contributed by atoms with van der Waals surface area (Å²) in [6.45, 7) is -3.05. The van der Waals surface area contributed by atoms with Gasteiger partial charge in [0.15, 0.2) is 23.0 Å². The van der Waals surface area contributed by atoms with E-state index >= 15 is 0 Å². The molecule has 39 heavy (non-hydrogen) atoms. The minimum Gasteiger partial charge on any atom is -0.489 e. The number of ether oxygens (including phenoxy) is 2. The van der Waals surface area contributed by atoms with Crippen LogP contribution in [0.25, 0.3) is 11.5 Å². The van der Waals surface area contributed by atoms with Gasteiger partial charge in [-0.15, -0.1) is 0 Å². The summed E-state index contributed by atoms with van der Waals surface area (Å²) in [6.07, 6.45) is 1.93. The van der Waals surface area contributed by atoms with E-state index in [1.54, 1.807) is 0 Å². The van der Waals surface area contributed by atoms with Crippen LogP contribution in [0.4, 0.5) is 17.6 Å². The van der Waals surface area contributed by atoms with Crippen molar-refractivity contribution in [2.45, 2.75) is 32.0 Å². The molecular weight excluding hydrogens is 528 g/mol. The molecule has 0 spiro atoms. The van der Waals surface area contributed by atoms with E-state index in [0.29, 0.717) is 18.6 Å². The Hall–Kier alpha value is -4.17. The van der Waals surface area contributed by atoms with Crippen LogP contribution in [0.1, 0.15) is 40.7 Å². The molecule has 1 atom stereocenters. The Balaban J connectivity index is 1.63. The fourth-order valence-corrected chi connectivity index (χ4v) is 3.61. The van der Waals surface area contributed by atoms with Crippen molar-refractivity contribution < 1.29 is 45.9 Å². The first-order valence-electron chi connectivity index (χ1n) is 11.7. The number of oxazole rings is 1. The average Bonchev–Trinajstić information content (AvgIpc) is 3.62. The lowest BCUT2D eigenvalue weighted by Gasteiger charge is -2.18. The van der Waals surface area contributed by atoms with E-state index in [0.717, 1.165) is 32.1 Å². The summed E-state index contributed by atoms with van der Waals surface area (Å²) in [4.78, 5) is 34.4. The minimum absolute atomic E-state index is 0.0290. The van der Waals surface area contributed by atoms with Crippen molar-refractivity contribution in [1.82, 2.24) is 15.8 Å². The van der Waals surface area contributed by atoms with Crippen LogP contribution in [0.3, 0.4) is 0 Å². The van der Waals surface area contributed by atoms with E-state index < -0.39 is 36.1 Å². The zero-order chi connectivity index (χ0) is 28.1. The lowest BCUT2D eigenvalue weighted by atomic mass is 10.0. The quantitative estimate of drug-likeness (QED) is 0.229. The first-order valence-corrected chi connectivity index (χ1v) is 11.7. The zero-order valence-corrected chi connectivity index (χ0v) is 20.5. The molecule has 10 nitrogen and oxygen atoms in total. The van der Waals surface area contributed by atoms with Gasteiger partial charge in [0.2, 0.25) is 5.89 Å². The molecule has 3 aromatic rings. The van der Waals surface area contributed by atoms with Crippen LogP contribution in [0.2, 0.25) is 0 Å². The Morgan fingerprint density at radius 1 is 1.15 bits per heavy atom. The number of nitrogens with two attached hydrogens (primary N) is 1. The number of amides is 2. The van der Waals surface area contributed by atoms with Gasteiger partial charge in [-0.3, -0.25) is 14.4 Å². The second kappa shape index (κ2) is 12.1. The summed E-state index contributed by atoms with van der Waals surface area (Å²) in [5.41, 5.74) is 7.31. The second-order valence-corrected chi connectivity index (χ2v) is 8.53. The van der Waals surface area contributed by atoms with Gasteiger partial charge >= 0.3 is 6.61 Å². The maximum Gasteiger partial charge on any atom is 0.387 e. The molecule has 2 aromatic carbocycles. The summed E-state index contributed by atoms with van der Waals surface area (Å²) in [5.74, 6) is -3.92. The highest BCUT2D eigenvalue weighted by atomic mass is 19.3. The highest BCUT2D eigenvalue weighted by Gasteiger charge is 2.30. The predicted molar refractivity (Wildman–Crippen MR) is 126 cm³/mol. The van der Waals surface area contributed by atoms with Crippen LogP contribution in [-0.2, 0) is 16.2 Å². The summed E-state index contributed by atoms with van der Waals surface area (Å²) in [6, 6.07) is 4.82. The fourth-order valence-electron chi connectivity index (χ4n) is 3.61. The third-order valence-electron chi connectivity index (χ3n) is 5.69. The van der Waals surface area contributed by atoms with Gasteiger partial charge in [0.25, 0.3) is 11.8 Å². The maximum atomic E-state index is 14.5. The summed E-state index contributed by atoms with van der Waals surface area (Å²) in [7, 11) is 1.13. The van der Waals surface area contributed by atoms with Crippen molar-refractivity contribution in [3.63, 3.8) is 0 Å². The summed E-state index contributed by atoms with van der Waals surface area (Å²) < 4.78 is 69.4. The lowest BCUT2D eigenvalue weighted by molar-refractivity contribution is -0.133. The van der Waals surface area contributed by atoms with Crippen LogP contribution < -0.4 is 26.0 Å². The van der Waals surface area contributed by atoms with Crippen molar-refractivity contribution in [2.75, 3.05) is 13.7 Å². The molecule has 1 aliphatic carbocycles. The first-order chi connectivity index (χ1) is 18.7. The number of carbonyl (C=O) groups is 2. The number of hydrogen-bond acceptors (Lipinski definition) is 8. The molecule has 4 N–H and O–H groups in total. The van der Waals surface area contributed by atoms with Gasteiger partial charge in [-0.2, -0.15) is 8.78 Å². The Labute approximate surface area is 219 Å². The molecule has 0 radical (unpaired) electrons. The molecule has 0 saturated heterocycles. The summed E-state index contributed by atoms with van der Waals surface area (Å²) >= 11 is 0. The van der Waals surface area contributed by atoms with E-state index in [1.807, 2.05) is 5.48 Å². The average molecular weight is 552 g/mol. The largest absolute Gasteiger partial charge is 0.489 e. The van der Waals surface area contributed by atoms with Crippen molar-refractivity contribution in [2.24, 2.45) is 11.7 Å². The lowest BCUT2D eigenvalue weighted by Crippen LogP contribution is -2.41. The first kappa shape index (κ1) is 27.9. The van der Waals surface area contributed by atoms with Crippen molar-refractivity contribution in [3.8, 4) is 23.0 Å². The number of halogens is 4. The number of aromatic nitrogens is 1. The van der Waals surface area contributed by atoms with E-state index in [-0.39, 0.29) is 46.5 Å². The predicted octanol–water partition coefficient (Wildman–Crippen LogP) is 3.62. The number of nitrogens with zero attached hydrogens (tertiary/aromatic N) is 1. The summed E-state index contributed by atoms with van der Waals surface area (Å²) in [5, 5.41) is 2.32. The third kappa shape index (κ3) is 6.83. The number of carbonyl (C=O) groups excluding carboxylic acids is 2. The van der Waals surface area contributed by atoms with E-state index in [9.17, 15) is 27.2 Å². The fraction of sp³-hybridized carbons (Fsp3) is 0.320. The van der Waals surface area contributed by atoms with Gasteiger partial charge < -0.3 is 24.9 Å². The van der Waals surface area contributed by atoms with E-state index in [4.69, 9.17) is 14.9 Å². The topological polar surface area (TPSA) is 138 Å². The third-order valence-corrected chi connectivity index (χ3v) is 5.69. The molecule has 1 saturated carbocycles. The van der Waals surface area contributed by atoms with Crippen LogP contribution in [0.5, 0.6) is 11.5 Å². The minimum atomic E-state index is -3.07. The molecule has 1 heterocycles. The molecule has 0 bridgehead atoms. The normalized spacial score (nSPS) is 13.7. The van der Waals surface area contributed by atoms with Gasteiger partial charge in [0.05, 0.1) is 20.3 Å². The molecule has 1 aromatic heterocycles. The standard InChI is InChI=1S/C25H24F4N4O6/c1-36-33-23(35)20(15-6-5-14(26)9-16(15)27)31-22(34)21-19(10-30)38-24(32-21)13-4-7-17(39-25(28)29)18(8-13)37-11-12-2-3-12/h4-9,12,20,25H,2-3,10-11,30H2,1H3,(H,31,34)(H,33,35). The number of hydrogen-bond donors (Lipinski definition) is 3. The van der Waals surface area contributed by atoms with Gasteiger partial charge in [0, 0.05) is 17.2 Å². The molecule has 14 heteroatoms. The molecule has 1 fully saturated rings. The molecule has 208 valence electrons. The van der Waals surface area contributed by atoms with Crippen molar-refractivity contribution >= 4 is 11.8 Å². The number of nitrogens with one attached hydrogen (secondary N) is 2. The molecule has 1 unspecified atom stereocenters. The molecular formula is C25H24F4N4O6. The Morgan fingerprint density at radius 3 is 2.56 bits per heavy atom. The van der Waals surface area contributed by atoms with Gasteiger partial charge in [-0.25, -0.2) is 19.2 Å². The van der Waals surface area contributed by atoms with Gasteiger partial charge in [0.1, 0.15) is 17.7 Å². The van der Waals surface area contributed by atoms with Crippen LogP contribution in [0.15, 0.2) is 40.8 Å². The van der Waals surface area contributed by atoms with Crippen LogP contribution >= 0.6 is 0 Å². The molecule has 4 rings (SSSR count). The van der Waals surface area contributed by atoms with Gasteiger partial charge in [-0.05, 0) is 43.0 Å². The smallest absolute Gasteiger partial charge is 0.387 e. The Kier molecular flexibility index (Phi) is 8.66. The van der Waals surface area contributed by atoms with Crippen molar-refractivity contribution in [3.05, 3.63) is 65.1 Å². The molecule has 1 aliphatic rings. The van der Waals surface area contributed by atoms with Crippen LogP contribution in [0, 0.1) is 17.6 Å². The second-order valence-electron chi connectivity index (χ2n) is 8.53. The SMILES string of the molecule is CONC(=O)C(NC(=O)c1nc(-c2ccc(OC(F)F)c(OCC3CC3)c2)oc1CN)c1ccc(F)cc1F. The zero-order valence-electron chi connectivity index (χ0n) is 20.5. The number of rotatable bonds is 12. The number of benzene rings is 2. The van der Waals surface area contributed by atoms with Crippen LogP contribution in [-0.4, -0.2) is 37.1 Å².